The van der Waals surface area contributed by atoms with Crippen LogP contribution in [0, 0.1) is 35.5 Å². The number of hydrogen-bond donors (Lipinski definition) is 4. The molecular weight excluding hydrogens is 1920 g/mol. The van der Waals surface area contributed by atoms with Crippen LogP contribution in [0.15, 0.2) is 183 Å². The number of rotatable bonds is 29. The minimum Gasteiger partial charge on any atom is -0.465 e. The third-order valence-corrected chi connectivity index (χ3v) is 28.9. The number of aromatic nitrogens is 6. The predicted molar refractivity (Wildman–Crippen MR) is 524 cm³/mol. The second kappa shape index (κ2) is 45.6. The summed E-state index contributed by atoms with van der Waals surface area (Å²) in [7, 11) is -3.04. The van der Waals surface area contributed by atoms with Gasteiger partial charge in [-0.25, -0.2) is 13.4 Å². The summed E-state index contributed by atoms with van der Waals surface area (Å²) >= 11 is 0. The van der Waals surface area contributed by atoms with Crippen LogP contribution in [0.1, 0.15) is 256 Å². The number of ketones is 1. The number of esters is 1. The summed E-state index contributed by atoms with van der Waals surface area (Å²) in [6, 6.07) is 34.9. The molecule has 0 radical (unpaired) electrons. The van der Waals surface area contributed by atoms with Crippen molar-refractivity contribution in [1.82, 2.24) is 79.4 Å². The lowest BCUT2D eigenvalue weighted by molar-refractivity contribution is -0.138. The van der Waals surface area contributed by atoms with Crippen LogP contribution >= 0.6 is 0 Å². The average Bonchev–Trinajstić information content (AvgIpc) is 1.64. The Balaban J connectivity index is 0.000000161. The van der Waals surface area contributed by atoms with Gasteiger partial charge in [0.25, 0.3) is 23.6 Å². The van der Waals surface area contributed by atoms with Crippen molar-refractivity contribution in [1.29, 1.82) is 0 Å². The van der Waals surface area contributed by atoms with Crippen LogP contribution in [0.25, 0.3) is 0 Å². The zero-order chi connectivity index (χ0) is 105. The van der Waals surface area contributed by atoms with E-state index < -0.39 is 72.3 Å². The minimum absolute atomic E-state index is 0.0107. The number of amides is 4. The Kier molecular flexibility index (Phi) is 34.5. The lowest BCUT2D eigenvalue weighted by atomic mass is 9.98. The molecule has 10 aromatic rings. The molecule has 0 bridgehead atoms. The highest BCUT2D eigenvalue weighted by Crippen LogP contribution is 2.45. The van der Waals surface area contributed by atoms with Crippen LogP contribution in [0.2, 0.25) is 0 Å². The fourth-order valence-electron chi connectivity index (χ4n) is 18.7. The highest BCUT2D eigenvalue weighted by molar-refractivity contribution is 7.97. The molecule has 6 atom stereocenters. The molecule has 4 aromatic carbocycles. The molecule has 39 heteroatoms. The number of nitrogens with one attached hydrogen (secondary N) is 4. The lowest BCUT2D eigenvalue weighted by Gasteiger charge is -2.39. The molecule has 4 amide bonds. The van der Waals surface area contributed by atoms with E-state index >= 15 is 0 Å². The highest BCUT2D eigenvalue weighted by atomic mass is 32.2. The van der Waals surface area contributed by atoms with Gasteiger partial charge < -0.3 is 26.0 Å². The number of nitrogens with zero attached hydrogens (tertiary/aromatic N) is 12. The largest absolute Gasteiger partial charge is 0.465 e. The van der Waals surface area contributed by atoms with Crippen LogP contribution in [0.4, 0.5) is 52.7 Å². The molecule has 0 saturated carbocycles. The summed E-state index contributed by atoms with van der Waals surface area (Å²) < 4.78 is 187. The van der Waals surface area contributed by atoms with Crippen LogP contribution < -0.4 is 21.3 Å². The van der Waals surface area contributed by atoms with Crippen molar-refractivity contribution in [2.45, 2.75) is 183 Å². The van der Waals surface area contributed by atoms with Crippen LogP contribution in [0.5, 0.6) is 0 Å². The van der Waals surface area contributed by atoms with Gasteiger partial charge in [0.15, 0.2) is 5.78 Å². The zero-order valence-corrected chi connectivity index (χ0v) is 83.6. The molecule has 2 fully saturated rings. The Morgan fingerprint density at radius 2 is 0.639 bits per heavy atom. The number of hydrogen-bond acceptors (Lipinski definition) is 19. The molecule has 2 unspecified atom stereocenters. The van der Waals surface area contributed by atoms with Crippen molar-refractivity contribution in [3.05, 3.63) is 317 Å². The van der Waals surface area contributed by atoms with Crippen LogP contribution in [-0.2, 0) is 114 Å². The first kappa shape index (κ1) is 109. The van der Waals surface area contributed by atoms with Crippen molar-refractivity contribution < 1.29 is 94.6 Å². The molecule has 6 aliphatic rings. The van der Waals surface area contributed by atoms with Gasteiger partial charge in [-0.2, -0.15) is 52.7 Å². The van der Waals surface area contributed by atoms with E-state index in [-0.39, 0.29) is 96.3 Å². The summed E-state index contributed by atoms with van der Waals surface area (Å²) in [6.07, 6.45) is -4.21. The number of pyridine rings is 6. The topological polar surface area (TPSA) is 291 Å². The van der Waals surface area contributed by atoms with Gasteiger partial charge in [0.2, 0.25) is 0 Å². The first-order chi connectivity index (χ1) is 67.7. The number of methoxy groups -OCH3 is 1. The van der Waals surface area contributed by atoms with Crippen molar-refractivity contribution in [2.24, 2.45) is 35.5 Å². The Labute approximate surface area is 830 Å². The molecule has 0 aliphatic carbocycles. The van der Waals surface area contributed by atoms with Gasteiger partial charge in [-0.05, 0) is 196 Å². The molecule has 16 rings (SSSR count). The van der Waals surface area contributed by atoms with E-state index in [0.29, 0.717) is 129 Å². The van der Waals surface area contributed by atoms with Gasteiger partial charge in [0.1, 0.15) is 0 Å². The summed E-state index contributed by atoms with van der Waals surface area (Å²) in [6.45, 7) is 26.4. The predicted octanol–water partition coefficient (Wildman–Crippen LogP) is 18.1. The molecule has 4 N–H and O–H groups in total. The Bertz CT molecular complexity index is 6490. The van der Waals surface area contributed by atoms with E-state index in [1.807, 2.05) is 32.9 Å². The number of carbonyl (C=O) groups is 6. The molecule has 25 nitrogen and oxygen atoms in total. The van der Waals surface area contributed by atoms with Gasteiger partial charge in [0.05, 0.1) is 129 Å². The number of Topliss-reactive ketones (excluding diaryl/α,β-unsaturated/α-hetero) is 1. The van der Waals surface area contributed by atoms with Gasteiger partial charge in [-0.1, -0.05) is 104 Å². The Hall–Kier alpha value is -12.2. The van der Waals surface area contributed by atoms with E-state index in [0.717, 1.165) is 135 Å². The molecule has 768 valence electrons. The first-order valence-corrected chi connectivity index (χ1v) is 51.3. The third kappa shape index (κ3) is 27.7. The number of benzene rings is 4. The number of halogens is 12. The van der Waals surface area contributed by atoms with E-state index in [4.69, 9.17) is 0 Å². The molecule has 144 heavy (non-hydrogen) atoms. The SMILES string of the molecule is C=S(C)(=O)N1CC(CCNC(=O)c2cnc3c(c2)CN(Cc2ccc(C(F)(F)F)cc2)[C@H]3C(C)C)C1.C=S(C)(=O)N1CC(CNC(=O)c2cnc3c(c2)CN(Cc2ccc(C(F)(F)F)cc2)[C@H]3C(C)C)C1.CC(=O)c1ccc(CNC(=O)c2cnc3c(c2)CN(Cc2ccc(C(F)(F)F)cc2)[C@H]3C(C)C)nc1.COC(=O)c1ccc(CNC(=O)c2cnc3c(c2)CN(Cc2ccc(C(F)(F)F)cc2)[C@H]3C(C)C)nc1. The van der Waals surface area contributed by atoms with Crippen molar-refractivity contribution in [3.63, 3.8) is 0 Å². The zero-order valence-electron chi connectivity index (χ0n) is 81.9. The van der Waals surface area contributed by atoms with E-state index in [9.17, 15) is 89.9 Å². The molecule has 6 aromatic heterocycles. The Morgan fingerprint density at radius 1 is 0.375 bits per heavy atom. The summed E-state index contributed by atoms with van der Waals surface area (Å²) in [4.78, 5) is 109. The van der Waals surface area contributed by atoms with Crippen molar-refractivity contribution >= 4 is 66.5 Å². The first-order valence-electron chi connectivity index (χ1n) is 47.1. The summed E-state index contributed by atoms with van der Waals surface area (Å²) in [5.41, 5.74) is 11.7. The van der Waals surface area contributed by atoms with Crippen LogP contribution in [0.3, 0.4) is 0 Å². The van der Waals surface area contributed by atoms with Gasteiger partial charge in [-0.3, -0.25) is 81.9 Å². The third-order valence-electron chi connectivity index (χ3n) is 26.1. The maximum Gasteiger partial charge on any atom is 0.416 e. The maximum atomic E-state index is 12.9. The average molecular weight is 2040 g/mol. The standard InChI is InChI=1S/C27H27F3N4O3.C27H27F3N4O2.C26H33F3N4O2S.C25H31F3N4O2S/c1-16(2)24-23-20(15-34(24)14-17-4-7-21(8-5-17)27(28,29)30)10-19(12-32-23)25(35)33-13-22-9-6-18(11-31-22)26(36)37-3;1-16(2)25-24-21(15-34(25)14-18-4-7-22(8-5-18)27(28,29)30)10-20(12-32-24)26(36)33-13-23-9-6-19(11-31-23)17(3)35;1-17(2)24-23-21(16-32(24)13-18-5-7-22(8-6-18)26(27,28)29)11-20(12-31-23)25(34)30-10-9-19-14-33(15-19)36(3,4)35;1-16(2)23-22-20(15-31(23)12-17-5-7-21(8-6-17)25(26,27)28)9-19(11-29-22)24(33)30-10-18-13-32(14-18)35(3,4)34/h4-12,16,24H,13-15H2,1-3H3,(H,33,35);4-12,16,25H,13-15H2,1-3H3,(H,33,36);5-8,11-12,17,19,24H,3,9-10,13-16H2,1-2,4H3,(H,30,34);5-9,11,16,18,23H,3,10,12-15H2,1-2,4H3,(H,30,33)/t24-;25-;24-,36?;23-,35?/m0000/s1. The van der Waals surface area contributed by atoms with Gasteiger partial charge in [-0.15, -0.1) is 0 Å². The molecule has 2 saturated heterocycles. The van der Waals surface area contributed by atoms with Crippen molar-refractivity contribution in [3.8, 4) is 0 Å². The fourth-order valence-corrected chi connectivity index (χ4v) is 20.8. The minimum atomic E-state index is -4.37. The number of ether oxygens (including phenoxy) is 1. The second-order valence-electron chi connectivity index (χ2n) is 38.8. The smallest absolute Gasteiger partial charge is 0.416 e. The second-order valence-corrected chi connectivity index (χ2v) is 43.7. The quantitative estimate of drug-likeness (QED) is 0.0147. The van der Waals surface area contributed by atoms with Gasteiger partial charge >= 0.3 is 30.7 Å². The molecular formula is C105H118F12N16O9S2. The number of fused-ring (bicyclic) bond motifs is 4. The maximum absolute atomic E-state index is 12.9. The fraction of sp³-hybridized carbons (Fsp3) is 0.410. The number of alkyl halides is 12. The summed E-state index contributed by atoms with van der Waals surface area (Å²) in [5, 5.41) is 11.5. The highest BCUT2D eigenvalue weighted by Gasteiger charge is 2.42. The molecule has 6 aliphatic heterocycles. The van der Waals surface area contributed by atoms with Crippen molar-refractivity contribution in [2.75, 3.05) is 58.9 Å². The normalized spacial score (nSPS) is 18.2. The molecule has 0 spiro atoms. The summed E-state index contributed by atoms with van der Waals surface area (Å²) in [5.74, 6) is 7.38. The molecule has 12 heterocycles. The van der Waals surface area contributed by atoms with E-state index in [2.05, 4.69) is 143 Å². The van der Waals surface area contributed by atoms with Crippen LogP contribution in [-0.4, -0.2) is 173 Å². The Morgan fingerprint density at radius 3 is 0.889 bits per heavy atom. The van der Waals surface area contributed by atoms with Gasteiger partial charge in [0, 0.05) is 172 Å². The monoisotopic (exact) mass is 2040 g/mol. The number of carbonyl (C=O) groups excluding carboxylic acids is 6. The van der Waals surface area contributed by atoms with E-state index in [1.165, 1.54) is 75.0 Å². The van der Waals surface area contributed by atoms with E-state index in [1.54, 1.807) is 61.6 Å². The lowest BCUT2D eigenvalue weighted by Crippen LogP contribution is -2.53.